The first-order valence-electron chi connectivity index (χ1n) is 9.21. The van der Waals surface area contributed by atoms with Gasteiger partial charge in [0, 0.05) is 35.7 Å². The molecule has 0 bridgehead atoms. The number of nitrogens with one attached hydrogen (secondary N) is 2. The maximum absolute atomic E-state index is 4.75. The van der Waals surface area contributed by atoms with Crippen molar-refractivity contribution in [3.63, 3.8) is 0 Å². The molecule has 0 atom stereocenters. The molecule has 2 aromatic rings. The van der Waals surface area contributed by atoms with Crippen molar-refractivity contribution in [1.29, 1.82) is 0 Å². The quantitative estimate of drug-likeness (QED) is 0.308. The average molecular weight is 522 g/mol. The standard InChI is InChI=1S/C19H31N5S2.HI/c1-7-20-18(22-10-17-23-14(11-25-17)13(2)3)21-9-8-16-24-15(12-26-16)19(4,5)6;/h11-13H,7-10H2,1-6H3,(H2,20,21,22);1H. The van der Waals surface area contributed by atoms with Gasteiger partial charge in [-0.3, -0.25) is 0 Å². The van der Waals surface area contributed by atoms with Crippen LogP contribution in [0.4, 0.5) is 0 Å². The first-order chi connectivity index (χ1) is 12.3. The van der Waals surface area contributed by atoms with Crippen LogP contribution < -0.4 is 10.6 Å². The van der Waals surface area contributed by atoms with Crippen molar-refractivity contribution in [2.45, 2.75) is 65.8 Å². The first kappa shape index (κ1) is 24.3. The minimum atomic E-state index is 0. The van der Waals surface area contributed by atoms with E-state index in [2.05, 4.69) is 72.9 Å². The smallest absolute Gasteiger partial charge is 0.191 e. The molecule has 5 nitrogen and oxygen atoms in total. The van der Waals surface area contributed by atoms with Crippen molar-refractivity contribution in [1.82, 2.24) is 20.6 Å². The summed E-state index contributed by atoms with van der Waals surface area (Å²) in [5, 5.41) is 13.2. The van der Waals surface area contributed by atoms with Crippen LogP contribution in [0, 0.1) is 0 Å². The SMILES string of the molecule is CCNC(=NCc1nc(C(C)C)cs1)NCCc1nc(C(C)(C)C)cs1.I. The highest BCUT2D eigenvalue weighted by Crippen LogP contribution is 2.24. The molecule has 0 spiro atoms. The van der Waals surface area contributed by atoms with Gasteiger partial charge >= 0.3 is 0 Å². The second-order valence-corrected chi connectivity index (χ2v) is 9.45. The van der Waals surface area contributed by atoms with E-state index in [4.69, 9.17) is 4.98 Å². The van der Waals surface area contributed by atoms with Gasteiger partial charge in [0.25, 0.3) is 0 Å². The third-order valence-corrected chi connectivity index (χ3v) is 5.59. The summed E-state index contributed by atoms with van der Waals surface area (Å²) in [6.07, 6.45) is 0.903. The van der Waals surface area contributed by atoms with E-state index in [1.807, 2.05) is 0 Å². The van der Waals surface area contributed by atoms with E-state index >= 15 is 0 Å². The van der Waals surface area contributed by atoms with E-state index in [0.29, 0.717) is 12.5 Å². The molecular formula is C19H32IN5S2. The molecule has 0 aliphatic rings. The van der Waals surface area contributed by atoms with Crippen LogP contribution >= 0.6 is 46.7 Å². The van der Waals surface area contributed by atoms with E-state index in [1.165, 1.54) is 10.7 Å². The summed E-state index contributed by atoms with van der Waals surface area (Å²) in [6.45, 7) is 15.3. The molecule has 0 aliphatic heterocycles. The molecule has 27 heavy (non-hydrogen) atoms. The van der Waals surface area contributed by atoms with Crippen LogP contribution in [0.5, 0.6) is 0 Å². The van der Waals surface area contributed by atoms with E-state index in [0.717, 1.165) is 36.2 Å². The summed E-state index contributed by atoms with van der Waals surface area (Å²) >= 11 is 3.42. The zero-order valence-electron chi connectivity index (χ0n) is 17.1. The Morgan fingerprint density at radius 3 is 2.37 bits per heavy atom. The molecule has 0 saturated heterocycles. The Morgan fingerprint density at radius 2 is 1.81 bits per heavy atom. The van der Waals surface area contributed by atoms with E-state index in [-0.39, 0.29) is 29.4 Å². The molecule has 0 amide bonds. The predicted octanol–water partition coefficient (Wildman–Crippen LogP) is 4.94. The molecule has 0 unspecified atom stereocenters. The molecule has 0 aromatic carbocycles. The lowest BCUT2D eigenvalue weighted by Gasteiger charge is -2.14. The average Bonchev–Trinajstić information content (AvgIpc) is 3.21. The van der Waals surface area contributed by atoms with Crippen molar-refractivity contribution in [3.8, 4) is 0 Å². The Bertz CT molecular complexity index is 716. The van der Waals surface area contributed by atoms with Gasteiger partial charge in [0.15, 0.2) is 5.96 Å². The monoisotopic (exact) mass is 521 g/mol. The van der Waals surface area contributed by atoms with E-state index in [9.17, 15) is 0 Å². The summed E-state index contributed by atoms with van der Waals surface area (Å²) in [5.74, 6) is 1.30. The van der Waals surface area contributed by atoms with Crippen LogP contribution in [0.1, 0.15) is 68.9 Å². The zero-order valence-corrected chi connectivity index (χ0v) is 21.1. The summed E-state index contributed by atoms with van der Waals surface area (Å²) < 4.78 is 0. The Balaban J connectivity index is 0.00000364. The van der Waals surface area contributed by atoms with Gasteiger partial charge in [-0.25, -0.2) is 15.0 Å². The van der Waals surface area contributed by atoms with Crippen LogP contribution in [0.3, 0.4) is 0 Å². The van der Waals surface area contributed by atoms with Crippen LogP contribution in [0.15, 0.2) is 15.8 Å². The second kappa shape index (κ2) is 11.3. The van der Waals surface area contributed by atoms with Gasteiger partial charge < -0.3 is 10.6 Å². The maximum atomic E-state index is 4.75. The molecule has 2 N–H and O–H groups in total. The number of guanidine groups is 1. The van der Waals surface area contributed by atoms with E-state index in [1.54, 1.807) is 22.7 Å². The fourth-order valence-electron chi connectivity index (χ4n) is 2.21. The highest BCUT2D eigenvalue weighted by molar-refractivity contribution is 14.0. The van der Waals surface area contributed by atoms with E-state index < -0.39 is 0 Å². The second-order valence-electron chi connectivity index (χ2n) is 7.57. The third-order valence-electron chi connectivity index (χ3n) is 3.83. The lowest BCUT2D eigenvalue weighted by Crippen LogP contribution is -2.38. The van der Waals surface area contributed by atoms with Gasteiger partial charge in [0.2, 0.25) is 0 Å². The molecule has 2 rings (SSSR count). The summed E-state index contributed by atoms with van der Waals surface area (Å²) in [6, 6.07) is 0. The first-order valence-corrected chi connectivity index (χ1v) is 11.0. The molecule has 0 saturated carbocycles. The Labute approximate surface area is 188 Å². The Morgan fingerprint density at radius 1 is 1.11 bits per heavy atom. The summed E-state index contributed by atoms with van der Waals surface area (Å²) in [5.41, 5.74) is 2.43. The highest BCUT2D eigenvalue weighted by Gasteiger charge is 2.17. The van der Waals surface area contributed by atoms with Crippen molar-refractivity contribution in [2.24, 2.45) is 4.99 Å². The number of hydrogen-bond donors (Lipinski definition) is 2. The van der Waals surface area contributed by atoms with Crippen LogP contribution in [-0.4, -0.2) is 29.0 Å². The fourth-order valence-corrected chi connectivity index (χ4v) is 4.11. The van der Waals surface area contributed by atoms with Gasteiger partial charge in [-0.05, 0) is 12.8 Å². The molecular weight excluding hydrogens is 489 g/mol. The summed E-state index contributed by atoms with van der Waals surface area (Å²) in [7, 11) is 0. The lowest BCUT2D eigenvalue weighted by atomic mass is 9.93. The largest absolute Gasteiger partial charge is 0.357 e. The molecule has 0 aliphatic carbocycles. The Hall–Kier alpha value is -0.740. The van der Waals surface area contributed by atoms with Crippen molar-refractivity contribution in [2.75, 3.05) is 13.1 Å². The Kier molecular flexibility index (Phi) is 10.2. The molecule has 152 valence electrons. The molecule has 8 heteroatoms. The normalized spacial score (nSPS) is 12.2. The summed E-state index contributed by atoms with van der Waals surface area (Å²) in [4.78, 5) is 14.0. The van der Waals surface area contributed by atoms with Crippen LogP contribution in [0.25, 0.3) is 0 Å². The number of aliphatic imine (C=N–C) groups is 1. The van der Waals surface area contributed by atoms with Crippen LogP contribution in [0.2, 0.25) is 0 Å². The minimum Gasteiger partial charge on any atom is -0.357 e. The fraction of sp³-hybridized carbons (Fsp3) is 0.632. The number of thiazole rings is 2. The minimum absolute atomic E-state index is 0. The predicted molar refractivity (Wildman–Crippen MR) is 129 cm³/mol. The highest BCUT2D eigenvalue weighted by atomic mass is 127. The molecule has 0 fully saturated rings. The van der Waals surface area contributed by atoms with Gasteiger partial charge in [-0.1, -0.05) is 34.6 Å². The third kappa shape index (κ3) is 8.03. The topological polar surface area (TPSA) is 62.2 Å². The van der Waals surface area contributed by atoms with Gasteiger partial charge in [-0.2, -0.15) is 0 Å². The van der Waals surface area contributed by atoms with Gasteiger partial charge in [0.1, 0.15) is 5.01 Å². The number of halogens is 1. The molecule has 2 heterocycles. The lowest BCUT2D eigenvalue weighted by molar-refractivity contribution is 0.570. The molecule has 0 radical (unpaired) electrons. The maximum Gasteiger partial charge on any atom is 0.191 e. The zero-order chi connectivity index (χ0) is 19.2. The van der Waals surface area contributed by atoms with Crippen molar-refractivity contribution >= 4 is 52.6 Å². The number of hydrogen-bond acceptors (Lipinski definition) is 5. The van der Waals surface area contributed by atoms with Crippen molar-refractivity contribution < 1.29 is 0 Å². The van der Waals surface area contributed by atoms with Gasteiger partial charge in [0.05, 0.1) is 22.9 Å². The number of aromatic nitrogens is 2. The molecule has 2 aromatic heterocycles. The van der Waals surface area contributed by atoms with Gasteiger partial charge in [-0.15, -0.1) is 46.7 Å². The van der Waals surface area contributed by atoms with Crippen molar-refractivity contribution in [3.05, 3.63) is 32.2 Å². The van der Waals surface area contributed by atoms with Crippen LogP contribution in [-0.2, 0) is 18.4 Å². The number of nitrogens with zero attached hydrogens (tertiary/aromatic N) is 3. The number of rotatable bonds is 7.